The highest BCUT2D eigenvalue weighted by Gasteiger charge is 2.27. The Morgan fingerprint density at radius 1 is 1.15 bits per heavy atom. The summed E-state index contributed by atoms with van der Waals surface area (Å²) in [5.41, 5.74) is 3.71. The lowest BCUT2D eigenvalue weighted by molar-refractivity contribution is -0.176. The highest BCUT2D eigenvalue weighted by atomic mass is 35.5. The van der Waals surface area contributed by atoms with Crippen molar-refractivity contribution < 1.29 is 9.47 Å². The van der Waals surface area contributed by atoms with Crippen molar-refractivity contribution in [1.82, 2.24) is 5.32 Å². The lowest BCUT2D eigenvalue weighted by Gasteiger charge is -2.33. The van der Waals surface area contributed by atoms with Gasteiger partial charge in [0.1, 0.15) is 0 Å². The first-order valence-corrected chi connectivity index (χ1v) is 9.63. The molecule has 3 rings (SSSR count). The molecule has 0 amide bonds. The summed E-state index contributed by atoms with van der Waals surface area (Å²) in [6.45, 7) is 8.70. The van der Waals surface area contributed by atoms with Crippen molar-refractivity contribution in [2.75, 3.05) is 19.8 Å². The van der Waals surface area contributed by atoms with Gasteiger partial charge in [-0.1, -0.05) is 68.8 Å². The molecule has 0 aliphatic carbocycles. The molecule has 2 aromatic rings. The van der Waals surface area contributed by atoms with Crippen molar-refractivity contribution in [3.05, 3.63) is 70.2 Å². The van der Waals surface area contributed by atoms with E-state index in [-0.39, 0.29) is 17.7 Å². The van der Waals surface area contributed by atoms with Crippen LogP contribution in [0.3, 0.4) is 0 Å². The highest BCUT2D eigenvalue weighted by molar-refractivity contribution is 6.30. The molecule has 2 atom stereocenters. The van der Waals surface area contributed by atoms with E-state index in [0.717, 1.165) is 18.0 Å². The monoisotopic (exact) mass is 373 g/mol. The maximum absolute atomic E-state index is 6.31. The molecule has 140 valence electrons. The summed E-state index contributed by atoms with van der Waals surface area (Å²) in [5, 5.41) is 4.28. The summed E-state index contributed by atoms with van der Waals surface area (Å²) in [7, 11) is 0. The topological polar surface area (TPSA) is 30.5 Å². The van der Waals surface area contributed by atoms with Gasteiger partial charge in [0, 0.05) is 11.6 Å². The molecule has 1 saturated heterocycles. The van der Waals surface area contributed by atoms with Crippen molar-refractivity contribution in [3.8, 4) is 0 Å². The van der Waals surface area contributed by atoms with Gasteiger partial charge < -0.3 is 14.8 Å². The highest BCUT2D eigenvalue weighted by Crippen LogP contribution is 2.27. The molecule has 1 N–H and O–H groups in total. The molecule has 3 nitrogen and oxygen atoms in total. The maximum atomic E-state index is 6.31. The molecule has 1 heterocycles. The zero-order chi connectivity index (χ0) is 18.6. The molecular formula is C22H28ClNO2. The second kappa shape index (κ2) is 8.53. The first-order chi connectivity index (χ1) is 12.4. The number of benzene rings is 2. The third-order valence-electron chi connectivity index (χ3n) is 4.68. The van der Waals surface area contributed by atoms with Gasteiger partial charge in [0.2, 0.25) is 0 Å². The van der Waals surface area contributed by atoms with E-state index in [9.17, 15) is 0 Å². The lowest BCUT2D eigenvalue weighted by atomic mass is 9.86. The largest absolute Gasteiger partial charge is 0.350 e. The average Bonchev–Trinajstić information content (AvgIpc) is 2.62. The van der Waals surface area contributed by atoms with Crippen LogP contribution in [0, 0.1) is 0 Å². The first kappa shape index (κ1) is 19.4. The zero-order valence-electron chi connectivity index (χ0n) is 15.8. The number of ether oxygens (including phenoxy) is 2. The van der Waals surface area contributed by atoms with Crippen LogP contribution in [0.5, 0.6) is 0 Å². The second-order valence-electron chi connectivity index (χ2n) is 7.80. The van der Waals surface area contributed by atoms with Crippen molar-refractivity contribution in [3.63, 3.8) is 0 Å². The Hall–Kier alpha value is -1.39. The van der Waals surface area contributed by atoms with E-state index >= 15 is 0 Å². The van der Waals surface area contributed by atoms with E-state index in [0.29, 0.717) is 13.2 Å². The molecular weight excluding hydrogens is 346 g/mol. The number of hydrogen-bond acceptors (Lipinski definition) is 3. The Morgan fingerprint density at radius 3 is 2.65 bits per heavy atom. The molecule has 0 unspecified atom stereocenters. The number of nitrogens with one attached hydrogen (secondary N) is 1. The molecule has 1 aliphatic heterocycles. The van der Waals surface area contributed by atoms with Crippen LogP contribution in [0.25, 0.3) is 0 Å². The second-order valence-corrected chi connectivity index (χ2v) is 8.24. The predicted molar refractivity (Wildman–Crippen MR) is 107 cm³/mol. The molecule has 2 aromatic carbocycles. The third-order valence-corrected chi connectivity index (χ3v) is 4.89. The van der Waals surface area contributed by atoms with Crippen LogP contribution in [0.2, 0.25) is 5.02 Å². The maximum Gasteiger partial charge on any atom is 0.176 e. The molecule has 0 radical (unpaired) electrons. The molecule has 0 bridgehead atoms. The standard InChI is InChI=1S/C22H28ClNO2/c1-22(2,3)18-13-16(14-19(23)15-18)9-11-25-21-20(24-10-12-26-21)17-7-5-4-6-8-17/h4-8,13-15,20-21,24H,9-12H2,1-3H3/t20-,21+/m0/s1. The van der Waals surface area contributed by atoms with E-state index in [1.807, 2.05) is 30.3 Å². The van der Waals surface area contributed by atoms with Gasteiger partial charge in [0.15, 0.2) is 6.29 Å². The van der Waals surface area contributed by atoms with Crippen molar-refractivity contribution in [2.24, 2.45) is 0 Å². The minimum absolute atomic E-state index is 0.0643. The van der Waals surface area contributed by atoms with Gasteiger partial charge in [-0.05, 0) is 40.7 Å². The van der Waals surface area contributed by atoms with E-state index in [4.69, 9.17) is 21.1 Å². The molecule has 4 heteroatoms. The smallest absolute Gasteiger partial charge is 0.176 e. The van der Waals surface area contributed by atoms with Crippen LogP contribution in [-0.2, 0) is 21.3 Å². The fourth-order valence-electron chi connectivity index (χ4n) is 3.18. The third kappa shape index (κ3) is 5.08. The SMILES string of the molecule is CC(C)(C)c1cc(Cl)cc(CCO[C@@H]2OCCN[C@H]2c2ccccc2)c1. The van der Waals surface area contributed by atoms with Gasteiger partial charge in [0.25, 0.3) is 0 Å². The summed E-state index contributed by atoms with van der Waals surface area (Å²) in [6.07, 6.45) is 0.540. The normalized spacial score (nSPS) is 20.9. The molecule has 26 heavy (non-hydrogen) atoms. The fourth-order valence-corrected chi connectivity index (χ4v) is 3.44. The Kier molecular flexibility index (Phi) is 6.36. The predicted octanol–water partition coefficient (Wildman–Crippen LogP) is 4.88. The van der Waals surface area contributed by atoms with Gasteiger partial charge in [0.05, 0.1) is 19.3 Å². The van der Waals surface area contributed by atoms with Crippen LogP contribution in [-0.4, -0.2) is 26.0 Å². The number of hydrogen-bond donors (Lipinski definition) is 1. The minimum Gasteiger partial charge on any atom is -0.350 e. The van der Waals surface area contributed by atoms with Gasteiger partial charge >= 0.3 is 0 Å². The number of halogens is 1. The summed E-state index contributed by atoms with van der Waals surface area (Å²) in [5.74, 6) is 0. The van der Waals surface area contributed by atoms with Gasteiger partial charge in [-0.15, -0.1) is 0 Å². The first-order valence-electron chi connectivity index (χ1n) is 9.25. The molecule has 1 fully saturated rings. The van der Waals surface area contributed by atoms with Crippen LogP contribution in [0.4, 0.5) is 0 Å². The fraction of sp³-hybridized carbons (Fsp3) is 0.455. The van der Waals surface area contributed by atoms with E-state index in [2.05, 4.69) is 44.3 Å². The lowest BCUT2D eigenvalue weighted by Crippen LogP contribution is -2.43. The number of morpholine rings is 1. The summed E-state index contributed by atoms with van der Waals surface area (Å²) < 4.78 is 12.0. The minimum atomic E-state index is -0.271. The molecule has 0 saturated carbocycles. The van der Waals surface area contributed by atoms with Crippen LogP contribution in [0.15, 0.2) is 48.5 Å². The average molecular weight is 374 g/mol. The quantitative estimate of drug-likeness (QED) is 0.809. The summed E-state index contributed by atoms with van der Waals surface area (Å²) in [6, 6.07) is 16.7. The van der Waals surface area contributed by atoms with Crippen molar-refractivity contribution in [1.29, 1.82) is 0 Å². The van der Waals surface area contributed by atoms with Crippen LogP contribution < -0.4 is 5.32 Å². The Morgan fingerprint density at radius 2 is 1.92 bits per heavy atom. The van der Waals surface area contributed by atoms with Gasteiger partial charge in [-0.3, -0.25) is 0 Å². The Balaban J connectivity index is 1.62. The van der Waals surface area contributed by atoms with E-state index in [1.54, 1.807) is 0 Å². The Labute approximate surface area is 161 Å². The van der Waals surface area contributed by atoms with Crippen LogP contribution in [0.1, 0.15) is 43.5 Å². The van der Waals surface area contributed by atoms with E-state index in [1.165, 1.54) is 16.7 Å². The number of rotatable bonds is 5. The van der Waals surface area contributed by atoms with Crippen LogP contribution >= 0.6 is 11.6 Å². The van der Waals surface area contributed by atoms with Crippen molar-refractivity contribution in [2.45, 2.75) is 44.9 Å². The van der Waals surface area contributed by atoms with E-state index < -0.39 is 0 Å². The zero-order valence-corrected chi connectivity index (χ0v) is 16.6. The van der Waals surface area contributed by atoms with Gasteiger partial charge in [-0.25, -0.2) is 0 Å². The van der Waals surface area contributed by atoms with Gasteiger partial charge in [-0.2, -0.15) is 0 Å². The molecule has 0 aromatic heterocycles. The Bertz CT molecular complexity index is 712. The molecule has 1 aliphatic rings. The van der Waals surface area contributed by atoms with Crippen molar-refractivity contribution >= 4 is 11.6 Å². The summed E-state index contributed by atoms with van der Waals surface area (Å²) in [4.78, 5) is 0. The summed E-state index contributed by atoms with van der Waals surface area (Å²) >= 11 is 6.31. The molecule has 0 spiro atoms.